The van der Waals surface area contributed by atoms with Gasteiger partial charge in [-0.05, 0) is 44.1 Å². The molecular weight excluding hydrogens is 452 g/mol. The summed E-state index contributed by atoms with van der Waals surface area (Å²) < 4.78 is 11.1. The minimum absolute atomic E-state index is 0. The van der Waals surface area contributed by atoms with Crippen LogP contribution >= 0.6 is 12.4 Å². The van der Waals surface area contributed by atoms with Crippen LogP contribution in [0.5, 0.6) is 11.5 Å². The lowest BCUT2D eigenvalue weighted by Crippen LogP contribution is -2.31. The number of halogens is 1. The Morgan fingerprint density at radius 1 is 0.941 bits per heavy atom. The number of benzene rings is 2. The van der Waals surface area contributed by atoms with Gasteiger partial charge in [-0.2, -0.15) is 5.10 Å². The van der Waals surface area contributed by atoms with Gasteiger partial charge in [0.1, 0.15) is 11.5 Å². The van der Waals surface area contributed by atoms with Gasteiger partial charge in [-0.3, -0.25) is 10.1 Å². The Kier molecular flexibility index (Phi) is 7.49. The average molecular weight is 481 g/mol. The molecule has 0 atom stereocenters. The highest BCUT2D eigenvalue weighted by atomic mass is 35.5. The number of H-pyrrole nitrogens is 1. The number of hydrogen-bond acceptors (Lipinski definition) is 7. The molecule has 5 rings (SSSR count). The Morgan fingerprint density at radius 2 is 1.71 bits per heavy atom. The lowest BCUT2D eigenvalue weighted by atomic mass is 10.2. The minimum Gasteiger partial charge on any atom is -0.497 e. The van der Waals surface area contributed by atoms with Crippen molar-refractivity contribution in [2.75, 3.05) is 45.3 Å². The van der Waals surface area contributed by atoms with Crippen LogP contribution < -0.4 is 14.4 Å². The van der Waals surface area contributed by atoms with Crippen LogP contribution in [0.2, 0.25) is 0 Å². The SMILES string of the molecule is COc1cc(OC)cc(N(CCN2CCCC2)c2ccc3ncc(-c4cn[nH]c4)nc3c2)c1.Cl. The van der Waals surface area contributed by atoms with Gasteiger partial charge in [0, 0.05) is 54.4 Å². The molecule has 0 bridgehead atoms. The van der Waals surface area contributed by atoms with Crippen molar-refractivity contribution in [1.82, 2.24) is 25.1 Å². The maximum atomic E-state index is 5.54. The van der Waals surface area contributed by atoms with Crippen molar-refractivity contribution >= 4 is 34.8 Å². The lowest BCUT2D eigenvalue weighted by Gasteiger charge is -2.28. The molecule has 1 saturated heterocycles. The third-order valence-electron chi connectivity index (χ3n) is 6.12. The molecule has 0 spiro atoms. The first-order valence-corrected chi connectivity index (χ1v) is 11.2. The molecule has 178 valence electrons. The number of fused-ring (bicyclic) bond motifs is 1. The van der Waals surface area contributed by atoms with Crippen LogP contribution in [0.3, 0.4) is 0 Å². The molecule has 1 aliphatic rings. The molecule has 2 aromatic heterocycles. The lowest BCUT2D eigenvalue weighted by molar-refractivity contribution is 0.348. The van der Waals surface area contributed by atoms with Gasteiger partial charge >= 0.3 is 0 Å². The molecule has 1 N–H and O–H groups in total. The fraction of sp³-hybridized carbons (Fsp3) is 0.320. The number of ether oxygens (including phenoxy) is 2. The van der Waals surface area contributed by atoms with E-state index in [1.165, 1.54) is 12.8 Å². The molecule has 1 fully saturated rings. The number of nitrogens with zero attached hydrogens (tertiary/aromatic N) is 5. The summed E-state index contributed by atoms with van der Waals surface area (Å²) in [6.07, 6.45) is 7.91. The first kappa shape index (κ1) is 23.8. The van der Waals surface area contributed by atoms with Crippen LogP contribution in [0.15, 0.2) is 55.0 Å². The molecule has 4 aromatic rings. The second kappa shape index (κ2) is 10.7. The zero-order valence-electron chi connectivity index (χ0n) is 19.4. The van der Waals surface area contributed by atoms with Crippen LogP contribution in [0, 0.1) is 0 Å². The van der Waals surface area contributed by atoms with Crippen molar-refractivity contribution in [2.45, 2.75) is 12.8 Å². The van der Waals surface area contributed by atoms with Gasteiger partial charge in [0.05, 0.1) is 43.3 Å². The second-order valence-corrected chi connectivity index (χ2v) is 8.19. The van der Waals surface area contributed by atoms with Crippen molar-refractivity contribution < 1.29 is 9.47 Å². The zero-order valence-corrected chi connectivity index (χ0v) is 20.2. The highest BCUT2D eigenvalue weighted by Crippen LogP contribution is 2.34. The molecule has 0 aliphatic carbocycles. The summed E-state index contributed by atoms with van der Waals surface area (Å²) >= 11 is 0. The Morgan fingerprint density at radius 3 is 2.38 bits per heavy atom. The van der Waals surface area contributed by atoms with E-state index in [0.717, 1.165) is 71.3 Å². The quantitative estimate of drug-likeness (QED) is 0.391. The van der Waals surface area contributed by atoms with Crippen LogP contribution in [0.25, 0.3) is 22.3 Å². The number of likely N-dealkylation sites (tertiary alicyclic amines) is 1. The fourth-order valence-electron chi connectivity index (χ4n) is 4.30. The first-order chi connectivity index (χ1) is 16.2. The van der Waals surface area contributed by atoms with Crippen LogP contribution in [-0.4, -0.2) is 65.5 Å². The van der Waals surface area contributed by atoms with E-state index in [2.05, 4.69) is 37.1 Å². The number of aromatic amines is 1. The Bertz CT molecular complexity index is 1210. The summed E-state index contributed by atoms with van der Waals surface area (Å²) in [5.74, 6) is 1.52. The van der Waals surface area contributed by atoms with E-state index in [-0.39, 0.29) is 12.4 Å². The van der Waals surface area contributed by atoms with Gasteiger partial charge < -0.3 is 19.3 Å². The van der Waals surface area contributed by atoms with Crippen molar-refractivity contribution in [1.29, 1.82) is 0 Å². The van der Waals surface area contributed by atoms with E-state index in [1.807, 2.05) is 30.5 Å². The minimum atomic E-state index is 0. The van der Waals surface area contributed by atoms with E-state index in [1.54, 1.807) is 26.6 Å². The highest BCUT2D eigenvalue weighted by Gasteiger charge is 2.17. The summed E-state index contributed by atoms with van der Waals surface area (Å²) in [5, 5.41) is 6.87. The summed E-state index contributed by atoms with van der Waals surface area (Å²) in [6.45, 7) is 4.15. The smallest absolute Gasteiger partial charge is 0.124 e. The van der Waals surface area contributed by atoms with Gasteiger partial charge in [0.25, 0.3) is 0 Å². The maximum absolute atomic E-state index is 5.54. The number of aromatic nitrogens is 4. The van der Waals surface area contributed by atoms with Crippen molar-refractivity contribution in [3.63, 3.8) is 0 Å². The first-order valence-electron chi connectivity index (χ1n) is 11.2. The normalized spacial score (nSPS) is 13.6. The van der Waals surface area contributed by atoms with Gasteiger partial charge in [-0.1, -0.05) is 0 Å². The molecule has 3 heterocycles. The van der Waals surface area contributed by atoms with E-state index >= 15 is 0 Å². The molecule has 1 aliphatic heterocycles. The molecule has 0 radical (unpaired) electrons. The molecule has 2 aromatic carbocycles. The van der Waals surface area contributed by atoms with E-state index in [9.17, 15) is 0 Å². The summed E-state index contributed by atoms with van der Waals surface area (Å²) in [5.41, 5.74) is 5.47. The summed E-state index contributed by atoms with van der Waals surface area (Å²) in [6, 6.07) is 12.2. The molecule has 0 amide bonds. The average Bonchev–Trinajstić information content (AvgIpc) is 3.58. The summed E-state index contributed by atoms with van der Waals surface area (Å²) in [7, 11) is 3.35. The summed E-state index contributed by atoms with van der Waals surface area (Å²) in [4.78, 5) is 14.3. The number of nitrogens with one attached hydrogen (secondary N) is 1. The molecule has 9 heteroatoms. The standard InChI is InChI=1S/C25H28N6O2.ClH/c1-32-21-11-20(12-22(14-21)33-2)31(10-9-30-7-3-4-8-30)19-5-6-23-24(13-19)29-25(17-26-23)18-15-27-28-16-18;/h5-6,11-17H,3-4,7-10H2,1-2H3,(H,27,28);1H. The van der Waals surface area contributed by atoms with Gasteiger partial charge in [-0.15, -0.1) is 12.4 Å². The molecule has 0 unspecified atom stereocenters. The third-order valence-corrected chi connectivity index (χ3v) is 6.12. The molecule has 34 heavy (non-hydrogen) atoms. The van der Waals surface area contributed by atoms with Gasteiger partial charge in [0.15, 0.2) is 0 Å². The number of anilines is 2. The third kappa shape index (κ3) is 5.08. The molecule has 0 saturated carbocycles. The van der Waals surface area contributed by atoms with Crippen molar-refractivity contribution in [3.8, 4) is 22.8 Å². The van der Waals surface area contributed by atoms with Crippen molar-refractivity contribution in [2.24, 2.45) is 0 Å². The number of rotatable bonds is 8. The van der Waals surface area contributed by atoms with Gasteiger partial charge in [0.2, 0.25) is 0 Å². The molecule has 8 nitrogen and oxygen atoms in total. The number of hydrogen-bond donors (Lipinski definition) is 1. The van der Waals surface area contributed by atoms with E-state index in [0.29, 0.717) is 0 Å². The maximum Gasteiger partial charge on any atom is 0.124 e. The Balaban J connectivity index is 0.00000274. The van der Waals surface area contributed by atoms with Crippen molar-refractivity contribution in [3.05, 3.63) is 55.0 Å². The monoisotopic (exact) mass is 480 g/mol. The topological polar surface area (TPSA) is 79.4 Å². The number of methoxy groups -OCH3 is 2. The predicted octanol–water partition coefficient (Wildman–Crippen LogP) is 4.69. The van der Waals surface area contributed by atoms with E-state index < -0.39 is 0 Å². The zero-order chi connectivity index (χ0) is 22.6. The predicted molar refractivity (Wildman–Crippen MR) is 137 cm³/mol. The largest absolute Gasteiger partial charge is 0.497 e. The van der Waals surface area contributed by atoms with Crippen LogP contribution in [0.1, 0.15) is 12.8 Å². The highest BCUT2D eigenvalue weighted by molar-refractivity contribution is 5.85. The Hall–Kier alpha value is -3.36. The molecular formula is C25H29ClN6O2. The fourth-order valence-corrected chi connectivity index (χ4v) is 4.30. The second-order valence-electron chi connectivity index (χ2n) is 8.19. The van der Waals surface area contributed by atoms with E-state index in [4.69, 9.17) is 14.5 Å². The Labute approximate surface area is 205 Å². The van der Waals surface area contributed by atoms with Crippen LogP contribution in [0.4, 0.5) is 11.4 Å². The van der Waals surface area contributed by atoms with Crippen LogP contribution in [-0.2, 0) is 0 Å². The van der Waals surface area contributed by atoms with Gasteiger partial charge in [-0.25, -0.2) is 4.98 Å².